The van der Waals surface area contributed by atoms with Crippen LogP contribution in [0.15, 0.2) is 23.6 Å². The van der Waals surface area contributed by atoms with E-state index in [0.717, 1.165) is 30.5 Å². The van der Waals surface area contributed by atoms with E-state index in [0.29, 0.717) is 26.2 Å². The zero-order valence-electron chi connectivity index (χ0n) is 15.5. The standard InChI is InChI=1S/C17H25N7O2S/c1-14-20-15(22-5-3-2-4-6-22)11-16(21-14)23-7-9-24(10-8-23)27(25,26)17-12-18-13-19-17/h11-13H,2-10H2,1H3,(H,18,19). The highest BCUT2D eigenvalue weighted by atomic mass is 32.2. The van der Waals surface area contributed by atoms with Gasteiger partial charge in [0.25, 0.3) is 10.0 Å². The Bertz CT molecular complexity index is 871. The Morgan fingerprint density at radius 3 is 2.15 bits per heavy atom. The fraction of sp³-hybridized carbons (Fsp3) is 0.588. The third-order valence-electron chi connectivity index (χ3n) is 5.14. The summed E-state index contributed by atoms with van der Waals surface area (Å²) in [4.78, 5) is 20.2. The zero-order chi connectivity index (χ0) is 18.9. The Morgan fingerprint density at radius 2 is 1.56 bits per heavy atom. The van der Waals surface area contributed by atoms with Gasteiger partial charge in [0.1, 0.15) is 17.5 Å². The normalized spacial score (nSPS) is 19.4. The van der Waals surface area contributed by atoms with E-state index < -0.39 is 10.0 Å². The van der Waals surface area contributed by atoms with Gasteiger partial charge in [-0.05, 0) is 26.2 Å². The summed E-state index contributed by atoms with van der Waals surface area (Å²) in [5.74, 6) is 2.60. The number of imidazole rings is 1. The van der Waals surface area contributed by atoms with Crippen LogP contribution < -0.4 is 9.80 Å². The fourth-order valence-corrected chi connectivity index (χ4v) is 4.98. The number of aromatic nitrogens is 4. The van der Waals surface area contributed by atoms with Crippen molar-refractivity contribution in [2.45, 2.75) is 31.2 Å². The van der Waals surface area contributed by atoms with Gasteiger partial charge in [0.05, 0.1) is 12.5 Å². The van der Waals surface area contributed by atoms with Crippen molar-refractivity contribution in [1.82, 2.24) is 24.2 Å². The Balaban J connectivity index is 1.47. The number of rotatable bonds is 4. The second-order valence-electron chi connectivity index (χ2n) is 6.99. The molecule has 0 amide bonds. The van der Waals surface area contributed by atoms with Crippen molar-refractivity contribution in [3.8, 4) is 0 Å². The number of aromatic amines is 1. The summed E-state index contributed by atoms with van der Waals surface area (Å²) in [5.41, 5.74) is 0. The van der Waals surface area contributed by atoms with E-state index in [1.807, 2.05) is 13.0 Å². The van der Waals surface area contributed by atoms with Gasteiger partial charge in [-0.15, -0.1) is 0 Å². The number of piperidine rings is 1. The number of H-pyrrole nitrogens is 1. The molecule has 9 nitrogen and oxygen atoms in total. The van der Waals surface area contributed by atoms with E-state index in [2.05, 4.69) is 29.7 Å². The molecule has 0 radical (unpaired) electrons. The highest BCUT2D eigenvalue weighted by molar-refractivity contribution is 7.89. The van der Waals surface area contributed by atoms with Crippen LogP contribution in [0, 0.1) is 6.92 Å². The molecule has 0 bridgehead atoms. The lowest BCUT2D eigenvalue weighted by atomic mass is 10.1. The van der Waals surface area contributed by atoms with Gasteiger partial charge in [-0.2, -0.15) is 4.31 Å². The van der Waals surface area contributed by atoms with Gasteiger partial charge in [-0.1, -0.05) is 0 Å². The molecule has 0 unspecified atom stereocenters. The van der Waals surface area contributed by atoms with Crippen molar-refractivity contribution in [1.29, 1.82) is 0 Å². The fourth-order valence-electron chi connectivity index (χ4n) is 3.66. The quantitative estimate of drug-likeness (QED) is 0.830. The van der Waals surface area contributed by atoms with Crippen molar-refractivity contribution in [3.63, 3.8) is 0 Å². The first kappa shape index (κ1) is 18.2. The van der Waals surface area contributed by atoms with Crippen molar-refractivity contribution >= 4 is 21.7 Å². The summed E-state index contributed by atoms with van der Waals surface area (Å²) >= 11 is 0. The predicted octanol–water partition coefficient (Wildman–Crippen LogP) is 1.01. The Morgan fingerprint density at radius 1 is 0.926 bits per heavy atom. The van der Waals surface area contributed by atoms with Gasteiger partial charge in [0.15, 0.2) is 5.03 Å². The van der Waals surface area contributed by atoms with Crippen LogP contribution in [0.5, 0.6) is 0 Å². The van der Waals surface area contributed by atoms with Crippen molar-refractivity contribution in [2.75, 3.05) is 49.1 Å². The van der Waals surface area contributed by atoms with Gasteiger partial charge < -0.3 is 14.8 Å². The van der Waals surface area contributed by atoms with Gasteiger partial charge >= 0.3 is 0 Å². The second kappa shape index (κ2) is 7.43. The summed E-state index contributed by atoms with van der Waals surface area (Å²) in [6.07, 6.45) is 6.40. The van der Waals surface area contributed by atoms with Crippen molar-refractivity contribution in [3.05, 3.63) is 24.4 Å². The molecule has 0 atom stereocenters. The number of nitrogens with zero attached hydrogens (tertiary/aromatic N) is 6. The molecule has 2 fully saturated rings. The molecule has 10 heteroatoms. The minimum Gasteiger partial charge on any atom is -0.356 e. The molecule has 2 saturated heterocycles. The van der Waals surface area contributed by atoms with Gasteiger partial charge in [0.2, 0.25) is 0 Å². The van der Waals surface area contributed by atoms with Gasteiger partial charge in [0, 0.05) is 45.3 Å². The number of hydrogen-bond acceptors (Lipinski definition) is 7. The van der Waals surface area contributed by atoms with Crippen molar-refractivity contribution < 1.29 is 8.42 Å². The Hall–Kier alpha value is -2.20. The van der Waals surface area contributed by atoms with Crippen LogP contribution in [-0.4, -0.2) is 71.9 Å². The molecule has 4 heterocycles. The lowest BCUT2D eigenvalue weighted by Gasteiger charge is -2.35. The first-order valence-electron chi connectivity index (χ1n) is 9.38. The SMILES string of the molecule is Cc1nc(N2CCCCC2)cc(N2CCN(S(=O)(=O)c3cnc[nH]3)CC2)n1. The van der Waals surface area contributed by atoms with Gasteiger partial charge in [-0.25, -0.2) is 23.4 Å². The molecule has 0 aromatic carbocycles. The number of piperazine rings is 1. The minimum absolute atomic E-state index is 0.140. The van der Waals surface area contributed by atoms with E-state index in [4.69, 9.17) is 0 Å². The molecule has 2 aliphatic rings. The number of hydrogen-bond donors (Lipinski definition) is 1. The van der Waals surface area contributed by atoms with E-state index in [-0.39, 0.29) is 5.03 Å². The van der Waals surface area contributed by atoms with Gasteiger partial charge in [-0.3, -0.25) is 0 Å². The van der Waals surface area contributed by atoms with Crippen molar-refractivity contribution in [2.24, 2.45) is 0 Å². The number of aryl methyl sites for hydroxylation is 1. The molecule has 1 N–H and O–H groups in total. The van der Waals surface area contributed by atoms with E-state index >= 15 is 0 Å². The topological polar surface area (TPSA) is 98.3 Å². The smallest absolute Gasteiger partial charge is 0.260 e. The lowest BCUT2D eigenvalue weighted by Crippen LogP contribution is -2.49. The summed E-state index contributed by atoms with van der Waals surface area (Å²) in [6, 6.07) is 2.04. The van der Waals surface area contributed by atoms with Crippen LogP contribution in [0.25, 0.3) is 0 Å². The number of sulfonamides is 1. The van der Waals surface area contributed by atoms with E-state index in [1.165, 1.54) is 36.1 Å². The third kappa shape index (κ3) is 3.77. The second-order valence-corrected chi connectivity index (χ2v) is 8.89. The monoisotopic (exact) mass is 391 g/mol. The average molecular weight is 392 g/mol. The molecule has 2 aromatic heterocycles. The average Bonchev–Trinajstić information content (AvgIpc) is 3.24. The molecule has 2 aromatic rings. The number of anilines is 2. The maximum Gasteiger partial charge on any atom is 0.260 e. The lowest BCUT2D eigenvalue weighted by molar-refractivity contribution is 0.382. The van der Waals surface area contributed by atoms with Crippen LogP contribution in [0.1, 0.15) is 25.1 Å². The molecule has 0 saturated carbocycles. The largest absolute Gasteiger partial charge is 0.356 e. The first-order chi connectivity index (χ1) is 13.0. The highest BCUT2D eigenvalue weighted by Crippen LogP contribution is 2.24. The molecular formula is C17H25N7O2S. The molecule has 0 aliphatic carbocycles. The maximum atomic E-state index is 12.6. The zero-order valence-corrected chi connectivity index (χ0v) is 16.3. The third-order valence-corrected chi connectivity index (χ3v) is 6.97. The molecule has 4 rings (SSSR count). The Kier molecular flexibility index (Phi) is 5.00. The molecule has 27 heavy (non-hydrogen) atoms. The maximum absolute atomic E-state index is 12.6. The first-order valence-corrected chi connectivity index (χ1v) is 10.8. The van der Waals surface area contributed by atoms with Crippen LogP contribution in [-0.2, 0) is 10.0 Å². The highest BCUT2D eigenvalue weighted by Gasteiger charge is 2.30. The Labute approximate surface area is 159 Å². The number of nitrogens with one attached hydrogen (secondary N) is 1. The predicted molar refractivity (Wildman–Crippen MR) is 102 cm³/mol. The summed E-state index contributed by atoms with van der Waals surface area (Å²) in [5, 5.41) is 0.140. The van der Waals surface area contributed by atoms with Crippen LogP contribution in [0.4, 0.5) is 11.6 Å². The molecule has 2 aliphatic heterocycles. The van der Waals surface area contributed by atoms with E-state index in [1.54, 1.807) is 0 Å². The molecular weight excluding hydrogens is 366 g/mol. The molecule has 0 spiro atoms. The summed E-state index contributed by atoms with van der Waals surface area (Å²) in [6.45, 7) is 6.02. The molecule has 146 valence electrons. The van der Waals surface area contributed by atoms with Crippen LogP contribution >= 0.6 is 0 Å². The van der Waals surface area contributed by atoms with Crippen LogP contribution in [0.2, 0.25) is 0 Å². The van der Waals surface area contributed by atoms with Crippen LogP contribution in [0.3, 0.4) is 0 Å². The summed E-state index contributed by atoms with van der Waals surface area (Å²) in [7, 11) is -3.51. The van der Waals surface area contributed by atoms with E-state index in [9.17, 15) is 8.42 Å². The summed E-state index contributed by atoms with van der Waals surface area (Å²) < 4.78 is 26.7. The minimum atomic E-state index is -3.51.